The maximum atomic E-state index is 12.2. The lowest BCUT2D eigenvalue weighted by Crippen LogP contribution is -2.26. The Bertz CT molecular complexity index is 484. The highest BCUT2D eigenvalue weighted by molar-refractivity contribution is 9.25. The number of hydrogen-bond acceptors (Lipinski definition) is 1. The Morgan fingerprint density at radius 1 is 1.35 bits per heavy atom. The first kappa shape index (κ1) is 13.1. The number of aryl methyl sites for hydroxylation is 1. The van der Waals surface area contributed by atoms with Gasteiger partial charge in [-0.05, 0) is 44.4 Å². The molecule has 0 saturated heterocycles. The van der Waals surface area contributed by atoms with Gasteiger partial charge in [0.15, 0.2) is 0 Å². The van der Waals surface area contributed by atoms with Crippen LogP contribution < -0.4 is 5.32 Å². The molecule has 0 heterocycles. The molecule has 2 rings (SSSR count). The van der Waals surface area contributed by atoms with Gasteiger partial charge in [-0.3, -0.25) is 4.79 Å². The second-order valence-electron chi connectivity index (χ2n) is 4.91. The molecule has 1 aromatic carbocycles. The van der Waals surface area contributed by atoms with Crippen LogP contribution in [-0.2, 0) is 4.79 Å². The Labute approximate surface area is 118 Å². The van der Waals surface area contributed by atoms with Crippen molar-refractivity contribution in [1.29, 1.82) is 0 Å². The van der Waals surface area contributed by atoms with Crippen LogP contribution in [0.5, 0.6) is 0 Å². The molecular weight excluding hydrogens is 346 g/mol. The second-order valence-corrected chi connectivity index (χ2v) is 8.69. The van der Waals surface area contributed by atoms with Crippen LogP contribution >= 0.6 is 31.9 Å². The summed E-state index contributed by atoms with van der Waals surface area (Å²) in [5, 5.41) is 3.01. The van der Waals surface area contributed by atoms with Gasteiger partial charge in [0.25, 0.3) is 0 Å². The van der Waals surface area contributed by atoms with E-state index in [1.54, 1.807) is 0 Å². The van der Waals surface area contributed by atoms with Crippen LogP contribution in [0.2, 0.25) is 0 Å². The van der Waals surface area contributed by atoms with Crippen molar-refractivity contribution in [3.63, 3.8) is 0 Å². The number of alkyl halides is 2. The van der Waals surface area contributed by atoms with Gasteiger partial charge in [0.2, 0.25) is 5.91 Å². The number of rotatable bonds is 2. The summed E-state index contributed by atoms with van der Waals surface area (Å²) >= 11 is 7.02. The van der Waals surface area contributed by atoms with Gasteiger partial charge in [0.1, 0.15) is 0 Å². The number of nitrogens with one attached hydrogen (secondary N) is 1. The normalized spacial score (nSPS) is 25.5. The summed E-state index contributed by atoms with van der Waals surface area (Å²) in [6.07, 6.45) is 0.802. The fraction of sp³-hybridized carbons (Fsp3) is 0.462. The van der Waals surface area contributed by atoms with Gasteiger partial charge in [-0.25, -0.2) is 0 Å². The average Bonchev–Trinajstić information content (AvgIpc) is 2.75. The van der Waals surface area contributed by atoms with Crippen molar-refractivity contribution in [3.8, 4) is 0 Å². The minimum Gasteiger partial charge on any atom is -0.325 e. The summed E-state index contributed by atoms with van der Waals surface area (Å²) in [6.45, 7) is 6.02. The van der Waals surface area contributed by atoms with E-state index in [1.165, 1.54) is 5.56 Å². The maximum Gasteiger partial charge on any atom is 0.232 e. The molecule has 0 bridgehead atoms. The van der Waals surface area contributed by atoms with E-state index in [-0.39, 0.29) is 14.6 Å². The Hall–Kier alpha value is -0.350. The largest absolute Gasteiger partial charge is 0.325 e. The molecule has 1 aromatic rings. The summed E-state index contributed by atoms with van der Waals surface area (Å²) in [5.41, 5.74) is 2.84. The van der Waals surface area contributed by atoms with Crippen molar-refractivity contribution >= 4 is 43.5 Å². The minimum atomic E-state index is -0.372. The number of amides is 1. The van der Waals surface area contributed by atoms with Gasteiger partial charge in [0.05, 0.1) is 8.65 Å². The molecule has 1 amide bonds. The number of hydrogen-bond donors (Lipinski definition) is 1. The highest BCUT2D eigenvalue weighted by Crippen LogP contribution is 2.66. The standard InChI is InChI=1S/C13H15Br2NO/c1-8-5-4-6-10(9(8)2)16-11(17)12(3)7-13(12,14)15/h4-6H,7H2,1-3H3,(H,16,17)/t12-/m0/s1. The quantitative estimate of drug-likeness (QED) is 0.789. The van der Waals surface area contributed by atoms with Gasteiger partial charge < -0.3 is 5.32 Å². The van der Waals surface area contributed by atoms with E-state index >= 15 is 0 Å². The zero-order valence-electron chi connectivity index (χ0n) is 10.1. The molecule has 1 aliphatic rings. The van der Waals surface area contributed by atoms with Crippen LogP contribution in [0.25, 0.3) is 0 Å². The highest BCUT2D eigenvalue weighted by Gasteiger charge is 2.66. The van der Waals surface area contributed by atoms with Crippen molar-refractivity contribution in [1.82, 2.24) is 0 Å². The van der Waals surface area contributed by atoms with Crippen LogP contribution in [0.3, 0.4) is 0 Å². The lowest BCUT2D eigenvalue weighted by Gasteiger charge is -2.15. The predicted molar refractivity (Wildman–Crippen MR) is 77.9 cm³/mol. The van der Waals surface area contributed by atoms with Gasteiger partial charge in [0, 0.05) is 5.69 Å². The summed E-state index contributed by atoms with van der Waals surface area (Å²) in [4.78, 5) is 12.2. The maximum absolute atomic E-state index is 12.2. The Kier molecular flexibility index (Phi) is 3.15. The van der Waals surface area contributed by atoms with Crippen LogP contribution in [-0.4, -0.2) is 9.14 Å². The van der Waals surface area contributed by atoms with E-state index in [1.807, 2.05) is 39.0 Å². The first-order valence-electron chi connectivity index (χ1n) is 5.53. The zero-order chi connectivity index (χ0) is 12.8. The summed E-state index contributed by atoms with van der Waals surface area (Å²) in [7, 11) is 0. The number of halogens is 2. The van der Waals surface area contributed by atoms with Crippen molar-refractivity contribution in [2.24, 2.45) is 5.41 Å². The fourth-order valence-electron chi connectivity index (χ4n) is 1.79. The highest BCUT2D eigenvalue weighted by atomic mass is 79.9. The predicted octanol–water partition coefficient (Wildman–Crippen LogP) is 4.14. The van der Waals surface area contributed by atoms with Gasteiger partial charge in [-0.2, -0.15) is 0 Å². The molecule has 1 aliphatic carbocycles. The van der Waals surface area contributed by atoms with E-state index in [2.05, 4.69) is 37.2 Å². The van der Waals surface area contributed by atoms with E-state index in [0.717, 1.165) is 17.7 Å². The SMILES string of the molecule is Cc1cccc(NC(=O)[C@]2(C)CC2(Br)Br)c1C. The molecule has 17 heavy (non-hydrogen) atoms. The summed E-state index contributed by atoms with van der Waals surface area (Å²) in [5.74, 6) is 0.0555. The van der Waals surface area contributed by atoms with E-state index in [9.17, 15) is 4.79 Å². The second kappa shape index (κ2) is 4.09. The first-order chi connectivity index (χ1) is 7.78. The molecule has 0 radical (unpaired) electrons. The van der Waals surface area contributed by atoms with Crippen molar-refractivity contribution in [3.05, 3.63) is 29.3 Å². The van der Waals surface area contributed by atoms with Gasteiger partial charge in [-0.15, -0.1) is 0 Å². The van der Waals surface area contributed by atoms with Crippen molar-refractivity contribution in [2.45, 2.75) is 30.4 Å². The van der Waals surface area contributed by atoms with Crippen molar-refractivity contribution < 1.29 is 4.79 Å². The topological polar surface area (TPSA) is 29.1 Å². The van der Waals surface area contributed by atoms with E-state index in [4.69, 9.17) is 0 Å². The third-order valence-corrected chi connectivity index (χ3v) is 5.92. The van der Waals surface area contributed by atoms with Crippen LogP contribution in [0.4, 0.5) is 5.69 Å². The molecule has 92 valence electrons. The molecule has 1 N–H and O–H groups in total. The smallest absolute Gasteiger partial charge is 0.232 e. The number of anilines is 1. The summed E-state index contributed by atoms with van der Waals surface area (Å²) in [6, 6.07) is 5.95. The summed E-state index contributed by atoms with van der Waals surface area (Å²) < 4.78 is -0.241. The third kappa shape index (κ3) is 2.17. The third-order valence-electron chi connectivity index (χ3n) is 3.61. The van der Waals surface area contributed by atoms with Crippen LogP contribution in [0, 0.1) is 19.3 Å². The molecule has 1 fully saturated rings. The molecule has 1 saturated carbocycles. The van der Waals surface area contributed by atoms with E-state index in [0.29, 0.717) is 0 Å². The number of benzene rings is 1. The monoisotopic (exact) mass is 359 g/mol. The molecule has 4 heteroatoms. The lowest BCUT2D eigenvalue weighted by atomic mass is 10.1. The van der Waals surface area contributed by atoms with Crippen LogP contribution in [0.1, 0.15) is 24.5 Å². The number of carbonyl (C=O) groups is 1. The molecule has 2 nitrogen and oxygen atoms in total. The van der Waals surface area contributed by atoms with Crippen molar-refractivity contribution in [2.75, 3.05) is 5.32 Å². The first-order valence-corrected chi connectivity index (χ1v) is 7.12. The molecule has 0 aromatic heterocycles. The molecule has 0 aliphatic heterocycles. The zero-order valence-corrected chi connectivity index (χ0v) is 13.3. The molecule has 1 atom stereocenters. The lowest BCUT2D eigenvalue weighted by molar-refractivity contribution is -0.120. The average molecular weight is 361 g/mol. The van der Waals surface area contributed by atoms with E-state index < -0.39 is 0 Å². The molecule has 0 spiro atoms. The Morgan fingerprint density at radius 2 is 1.94 bits per heavy atom. The molecule has 0 unspecified atom stereocenters. The number of carbonyl (C=O) groups excluding carboxylic acids is 1. The minimum absolute atomic E-state index is 0.0555. The Balaban J connectivity index is 2.18. The van der Waals surface area contributed by atoms with Crippen LogP contribution in [0.15, 0.2) is 18.2 Å². The van der Waals surface area contributed by atoms with Gasteiger partial charge >= 0.3 is 0 Å². The van der Waals surface area contributed by atoms with Gasteiger partial charge in [-0.1, -0.05) is 44.0 Å². The fourth-order valence-corrected chi connectivity index (χ4v) is 3.27. The Morgan fingerprint density at radius 3 is 2.47 bits per heavy atom. The molecular formula is C13H15Br2NO.